The van der Waals surface area contributed by atoms with Gasteiger partial charge in [-0.05, 0) is 43.7 Å². The Morgan fingerprint density at radius 1 is 1.43 bits per heavy atom. The second-order valence-corrected chi connectivity index (χ2v) is 8.10. The van der Waals surface area contributed by atoms with Crippen LogP contribution in [0.1, 0.15) is 30.4 Å². The molecule has 0 radical (unpaired) electrons. The lowest BCUT2D eigenvalue weighted by Crippen LogP contribution is -2.39. The van der Waals surface area contributed by atoms with Crippen molar-refractivity contribution in [1.82, 2.24) is 4.72 Å². The standard InChI is InChI=1S/C14H21FN2O2S2/c1-9-11(15)6-10(8-16)7-14(9)21(18,19)17-12-4-3-5-13(12)20-2/h6-7,12-13,17H,3-5,8,16H2,1-2H3. The van der Waals surface area contributed by atoms with Gasteiger partial charge in [0.05, 0.1) is 4.90 Å². The van der Waals surface area contributed by atoms with E-state index in [0.29, 0.717) is 5.56 Å². The van der Waals surface area contributed by atoms with E-state index in [9.17, 15) is 12.8 Å². The number of rotatable bonds is 5. The van der Waals surface area contributed by atoms with Crippen LogP contribution in [0.15, 0.2) is 17.0 Å². The molecule has 0 saturated heterocycles. The monoisotopic (exact) mass is 332 g/mol. The lowest BCUT2D eigenvalue weighted by atomic mass is 10.1. The van der Waals surface area contributed by atoms with Gasteiger partial charge in [0.25, 0.3) is 0 Å². The van der Waals surface area contributed by atoms with E-state index in [-0.39, 0.29) is 28.3 Å². The smallest absolute Gasteiger partial charge is 0.241 e. The molecule has 0 amide bonds. The summed E-state index contributed by atoms with van der Waals surface area (Å²) in [4.78, 5) is -0.00490. The van der Waals surface area contributed by atoms with Crippen molar-refractivity contribution in [3.8, 4) is 0 Å². The molecule has 0 bridgehead atoms. The van der Waals surface area contributed by atoms with Crippen molar-refractivity contribution in [1.29, 1.82) is 0 Å². The summed E-state index contributed by atoms with van der Waals surface area (Å²) < 4.78 is 41.7. The second-order valence-electron chi connectivity index (χ2n) is 5.34. The first-order valence-corrected chi connectivity index (χ1v) is 9.70. The maximum atomic E-state index is 13.9. The molecule has 2 unspecified atom stereocenters. The number of halogens is 1. The van der Waals surface area contributed by atoms with Crippen molar-refractivity contribution in [2.45, 2.75) is 48.9 Å². The van der Waals surface area contributed by atoms with Crippen LogP contribution in [0.25, 0.3) is 0 Å². The molecular weight excluding hydrogens is 311 g/mol. The van der Waals surface area contributed by atoms with Gasteiger partial charge >= 0.3 is 0 Å². The van der Waals surface area contributed by atoms with Crippen LogP contribution in [-0.4, -0.2) is 26.0 Å². The lowest BCUT2D eigenvalue weighted by Gasteiger charge is -2.20. The first kappa shape index (κ1) is 16.7. The minimum absolute atomic E-state index is 0.00490. The summed E-state index contributed by atoms with van der Waals surface area (Å²) in [6.45, 7) is 1.58. The highest BCUT2D eigenvalue weighted by atomic mass is 32.2. The van der Waals surface area contributed by atoms with Crippen LogP contribution in [0, 0.1) is 12.7 Å². The Morgan fingerprint density at radius 2 is 2.14 bits per heavy atom. The summed E-state index contributed by atoms with van der Waals surface area (Å²) in [5, 5.41) is 0.280. The molecule has 2 rings (SSSR count). The number of hydrogen-bond acceptors (Lipinski definition) is 4. The van der Waals surface area contributed by atoms with E-state index < -0.39 is 15.8 Å². The van der Waals surface area contributed by atoms with Gasteiger partial charge in [0, 0.05) is 23.4 Å². The zero-order valence-corrected chi connectivity index (χ0v) is 13.9. The molecule has 0 heterocycles. The van der Waals surface area contributed by atoms with Crippen molar-refractivity contribution in [3.05, 3.63) is 29.1 Å². The molecule has 0 spiro atoms. The van der Waals surface area contributed by atoms with Crippen molar-refractivity contribution in [2.24, 2.45) is 5.73 Å². The van der Waals surface area contributed by atoms with Crippen LogP contribution in [0.3, 0.4) is 0 Å². The van der Waals surface area contributed by atoms with Crippen LogP contribution in [0.2, 0.25) is 0 Å². The molecule has 1 fully saturated rings. The Labute approximate surface area is 129 Å². The van der Waals surface area contributed by atoms with E-state index in [1.807, 2.05) is 6.26 Å². The Bertz CT molecular complexity index is 620. The average molecular weight is 332 g/mol. The summed E-state index contributed by atoms with van der Waals surface area (Å²) in [6, 6.07) is 2.66. The van der Waals surface area contributed by atoms with Crippen LogP contribution < -0.4 is 10.5 Å². The van der Waals surface area contributed by atoms with Crippen LogP contribution in [0.5, 0.6) is 0 Å². The van der Waals surface area contributed by atoms with Gasteiger partial charge in [-0.1, -0.05) is 6.42 Å². The topological polar surface area (TPSA) is 72.2 Å². The zero-order chi connectivity index (χ0) is 15.6. The van der Waals surface area contributed by atoms with E-state index in [1.165, 1.54) is 19.1 Å². The molecule has 1 aromatic carbocycles. The maximum Gasteiger partial charge on any atom is 0.241 e. The third kappa shape index (κ3) is 3.59. The van der Waals surface area contributed by atoms with Gasteiger partial charge in [-0.25, -0.2) is 17.5 Å². The van der Waals surface area contributed by atoms with E-state index in [4.69, 9.17) is 5.73 Å². The molecular formula is C14H21FN2O2S2. The fourth-order valence-electron chi connectivity index (χ4n) is 2.71. The predicted molar refractivity (Wildman–Crippen MR) is 84.3 cm³/mol. The van der Waals surface area contributed by atoms with Crippen LogP contribution in [0.4, 0.5) is 4.39 Å². The predicted octanol–water partition coefficient (Wildman–Crippen LogP) is 2.16. The third-order valence-electron chi connectivity index (χ3n) is 3.94. The van der Waals surface area contributed by atoms with Crippen molar-refractivity contribution in [3.63, 3.8) is 0 Å². The number of benzene rings is 1. The summed E-state index contributed by atoms with van der Waals surface area (Å²) in [7, 11) is -3.73. The number of nitrogens with one attached hydrogen (secondary N) is 1. The van der Waals surface area contributed by atoms with E-state index in [1.54, 1.807) is 11.8 Å². The van der Waals surface area contributed by atoms with E-state index >= 15 is 0 Å². The molecule has 2 atom stereocenters. The summed E-state index contributed by atoms with van der Waals surface area (Å²) in [5.74, 6) is -0.536. The average Bonchev–Trinajstić information content (AvgIpc) is 2.87. The van der Waals surface area contributed by atoms with Crippen molar-refractivity contribution in [2.75, 3.05) is 6.26 Å². The fraction of sp³-hybridized carbons (Fsp3) is 0.571. The van der Waals surface area contributed by atoms with Crippen LogP contribution in [-0.2, 0) is 16.6 Å². The highest BCUT2D eigenvalue weighted by Gasteiger charge is 2.31. The SMILES string of the molecule is CSC1CCCC1NS(=O)(=O)c1cc(CN)cc(F)c1C. The highest BCUT2D eigenvalue weighted by molar-refractivity contribution is 7.99. The molecule has 0 aliphatic heterocycles. The normalized spacial score (nSPS) is 22.7. The summed E-state index contributed by atoms with van der Waals surface area (Å²) in [5.41, 5.74) is 6.12. The Morgan fingerprint density at radius 3 is 2.76 bits per heavy atom. The minimum atomic E-state index is -3.73. The first-order chi connectivity index (χ1) is 9.89. The Balaban J connectivity index is 2.33. The molecule has 118 valence electrons. The number of sulfonamides is 1. The number of thioether (sulfide) groups is 1. The number of hydrogen-bond donors (Lipinski definition) is 2. The van der Waals surface area contributed by atoms with E-state index in [0.717, 1.165) is 19.3 Å². The van der Waals surface area contributed by atoms with Crippen molar-refractivity contribution >= 4 is 21.8 Å². The Kier molecular flexibility index (Phi) is 5.29. The molecule has 1 aliphatic carbocycles. The molecule has 0 aromatic heterocycles. The number of nitrogens with two attached hydrogens (primary N) is 1. The first-order valence-electron chi connectivity index (χ1n) is 6.93. The highest BCUT2D eigenvalue weighted by Crippen LogP contribution is 2.30. The molecule has 7 heteroatoms. The van der Waals surface area contributed by atoms with Gasteiger partial charge in [0.1, 0.15) is 5.82 Å². The summed E-state index contributed by atoms with van der Waals surface area (Å²) >= 11 is 1.67. The quantitative estimate of drug-likeness (QED) is 0.867. The lowest BCUT2D eigenvalue weighted by molar-refractivity contribution is 0.550. The second kappa shape index (κ2) is 6.64. The van der Waals surface area contributed by atoms with Gasteiger partial charge in [-0.3, -0.25) is 0 Å². The van der Waals surface area contributed by atoms with Gasteiger partial charge < -0.3 is 5.73 Å². The fourth-order valence-corrected chi connectivity index (χ4v) is 5.35. The molecule has 21 heavy (non-hydrogen) atoms. The molecule has 1 aliphatic rings. The molecule has 1 saturated carbocycles. The molecule has 1 aromatic rings. The van der Waals surface area contributed by atoms with Crippen LogP contribution >= 0.6 is 11.8 Å². The summed E-state index contributed by atoms with van der Waals surface area (Å²) in [6.07, 6.45) is 4.82. The minimum Gasteiger partial charge on any atom is -0.326 e. The van der Waals surface area contributed by atoms with Gasteiger partial charge in [-0.15, -0.1) is 0 Å². The van der Waals surface area contributed by atoms with E-state index in [2.05, 4.69) is 4.72 Å². The Hall–Kier alpha value is -0.630. The van der Waals surface area contributed by atoms with Gasteiger partial charge in [-0.2, -0.15) is 11.8 Å². The third-order valence-corrected chi connectivity index (χ3v) is 6.73. The zero-order valence-electron chi connectivity index (χ0n) is 12.2. The maximum absolute atomic E-state index is 13.9. The largest absolute Gasteiger partial charge is 0.326 e. The van der Waals surface area contributed by atoms with Gasteiger partial charge in [0.2, 0.25) is 10.0 Å². The van der Waals surface area contributed by atoms with Gasteiger partial charge in [0.15, 0.2) is 0 Å². The van der Waals surface area contributed by atoms with Crippen molar-refractivity contribution < 1.29 is 12.8 Å². The molecule has 4 nitrogen and oxygen atoms in total. The molecule has 3 N–H and O–H groups in total.